The number of likely N-dealkylation sites (tertiary alicyclic amines) is 1. The molecule has 3 nitrogen and oxygen atoms in total. The van der Waals surface area contributed by atoms with E-state index >= 15 is 0 Å². The van der Waals surface area contributed by atoms with Crippen LogP contribution in [0.3, 0.4) is 0 Å². The number of esters is 1. The van der Waals surface area contributed by atoms with Crippen LogP contribution in [0.25, 0.3) is 0 Å². The van der Waals surface area contributed by atoms with E-state index in [4.69, 9.17) is 4.74 Å². The fourth-order valence-electron chi connectivity index (χ4n) is 1.93. The van der Waals surface area contributed by atoms with Crippen LogP contribution >= 0.6 is 0 Å². The minimum absolute atomic E-state index is 0.0505. The normalized spacial score (nSPS) is 23.1. The van der Waals surface area contributed by atoms with Crippen molar-refractivity contribution < 1.29 is 9.53 Å². The summed E-state index contributed by atoms with van der Waals surface area (Å²) in [6, 6.07) is -0.0505. The van der Waals surface area contributed by atoms with Gasteiger partial charge in [0, 0.05) is 6.54 Å². The van der Waals surface area contributed by atoms with E-state index < -0.39 is 0 Å². The van der Waals surface area contributed by atoms with Crippen LogP contribution in [-0.4, -0.2) is 37.1 Å². The zero-order valence-electron chi connectivity index (χ0n) is 9.08. The molecule has 0 spiro atoms. The molecule has 1 aliphatic rings. The molecule has 80 valence electrons. The molecule has 14 heavy (non-hydrogen) atoms. The van der Waals surface area contributed by atoms with Gasteiger partial charge in [-0.2, -0.15) is 0 Å². The van der Waals surface area contributed by atoms with Crippen LogP contribution in [0.4, 0.5) is 0 Å². The van der Waals surface area contributed by atoms with Gasteiger partial charge in [0.2, 0.25) is 0 Å². The highest BCUT2D eigenvalue weighted by molar-refractivity contribution is 5.75. The van der Waals surface area contributed by atoms with Gasteiger partial charge in [-0.1, -0.05) is 18.6 Å². The quantitative estimate of drug-likeness (QED) is 0.508. The molecule has 0 aromatic heterocycles. The Morgan fingerprint density at radius 3 is 2.86 bits per heavy atom. The van der Waals surface area contributed by atoms with Crippen molar-refractivity contribution in [1.29, 1.82) is 0 Å². The van der Waals surface area contributed by atoms with E-state index in [2.05, 4.69) is 11.5 Å². The predicted molar refractivity (Wildman–Crippen MR) is 56.0 cm³/mol. The van der Waals surface area contributed by atoms with E-state index in [0.717, 1.165) is 31.5 Å². The lowest BCUT2D eigenvalue weighted by atomic mass is 10.0. The van der Waals surface area contributed by atoms with E-state index in [1.54, 1.807) is 0 Å². The average Bonchev–Trinajstić information content (AvgIpc) is 2.16. The molecule has 3 heteroatoms. The Morgan fingerprint density at radius 1 is 1.57 bits per heavy atom. The van der Waals surface area contributed by atoms with Gasteiger partial charge in [-0.05, 0) is 26.3 Å². The largest absolute Gasteiger partial charge is 0.468 e. The minimum Gasteiger partial charge on any atom is -0.468 e. The molecule has 1 rings (SSSR count). The van der Waals surface area contributed by atoms with Gasteiger partial charge in [0.1, 0.15) is 6.04 Å². The summed E-state index contributed by atoms with van der Waals surface area (Å²) in [4.78, 5) is 13.6. The third-order valence-corrected chi connectivity index (χ3v) is 2.56. The van der Waals surface area contributed by atoms with E-state index in [0.29, 0.717) is 0 Å². The molecule has 0 unspecified atom stereocenters. The SMILES string of the molecule is C=C(C)CN1CCCC[C@@H]1C(=O)OC. The Morgan fingerprint density at radius 2 is 2.29 bits per heavy atom. The van der Waals surface area contributed by atoms with Crippen molar-refractivity contribution in [3.05, 3.63) is 12.2 Å². The highest BCUT2D eigenvalue weighted by Crippen LogP contribution is 2.18. The monoisotopic (exact) mass is 197 g/mol. The number of piperidine rings is 1. The second kappa shape index (κ2) is 5.15. The van der Waals surface area contributed by atoms with Crippen LogP contribution < -0.4 is 0 Å². The Bertz CT molecular complexity index is 225. The van der Waals surface area contributed by atoms with Crippen LogP contribution in [-0.2, 0) is 9.53 Å². The number of methoxy groups -OCH3 is 1. The second-order valence-corrected chi connectivity index (χ2v) is 3.96. The van der Waals surface area contributed by atoms with Gasteiger partial charge in [0.15, 0.2) is 0 Å². The van der Waals surface area contributed by atoms with Gasteiger partial charge in [-0.3, -0.25) is 9.69 Å². The second-order valence-electron chi connectivity index (χ2n) is 3.96. The molecule has 1 aliphatic heterocycles. The number of carbonyl (C=O) groups excluding carboxylic acids is 1. The number of hydrogen-bond donors (Lipinski definition) is 0. The van der Waals surface area contributed by atoms with Gasteiger partial charge in [0.05, 0.1) is 7.11 Å². The summed E-state index contributed by atoms with van der Waals surface area (Å²) >= 11 is 0. The summed E-state index contributed by atoms with van der Waals surface area (Å²) < 4.78 is 4.79. The first-order chi connectivity index (χ1) is 6.65. The summed E-state index contributed by atoms with van der Waals surface area (Å²) in [5, 5.41) is 0. The lowest BCUT2D eigenvalue weighted by Crippen LogP contribution is -2.45. The summed E-state index contributed by atoms with van der Waals surface area (Å²) in [5.41, 5.74) is 1.10. The van der Waals surface area contributed by atoms with E-state index in [1.165, 1.54) is 13.5 Å². The zero-order chi connectivity index (χ0) is 10.6. The molecule has 1 saturated heterocycles. The van der Waals surface area contributed by atoms with Crippen molar-refractivity contribution in [2.75, 3.05) is 20.2 Å². The molecule has 0 aromatic carbocycles. The Labute approximate surface area is 85.7 Å². The summed E-state index contributed by atoms with van der Waals surface area (Å²) in [5.74, 6) is -0.106. The van der Waals surface area contributed by atoms with Crippen molar-refractivity contribution in [2.24, 2.45) is 0 Å². The van der Waals surface area contributed by atoms with Gasteiger partial charge in [-0.15, -0.1) is 0 Å². The lowest BCUT2D eigenvalue weighted by Gasteiger charge is -2.33. The fourth-order valence-corrected chi connectivity index (χ4v) is 1.93. The molecular weight excluding hydrogens is 178 g/mol. The lowest BCUT2D eigenvalue weighted by molar-refractivity contribution is -0.148. The molecule has 0 aromatic rings. The molecular formula is C11H19NO2. The summed E-state index contributed by atoms with van der Waals surface area (Å²) in [6.45, 7) is 7.65. The third-order valence-electron chi connectivity index (χ3n) is 2.56. The number of nitrogens with zero attached hydrogens (tertiary/aromatic N) is 1. The molecule has 0 aliphatic carbocycles. The topological polar surface area (TPSA) is 29.5 Å². The Hall–Kier alpha value is -0.830. The molecule has 1 fully saturated rings. The number of hydrogen-bond acceptors (Lipinski definition) is 3. The van der Waals surface area contributed by atoms with Crippen molar-refractivity contribution >= 4 is 5.97 Å². The molecule has 1 atom stereocenters. The van der Waals surface area contributed by atoms with E-state index in [-0.39, 0.29) is 12.0 Å². The van der Waals surface area contributed by atoms with Crippen LogP contribution in [0.1, 0.15) is 26.2 Å². The zero-order valence-corrected chi connectivity index (χ0v) is 9.08. The van der Waals surface area contributed by atoms with Crippen LogP contribution in [0.15, 0.2) is 12.2 Å². The van der Waals surface area contributed by atoms with E-state index in [9.17, 15) is 4.79 Å². The molecule has 0 bridgehead atoms. The smallest absolute Gasteiger partial charge is 0.323 e. The first-order valence-electron chi connectivity index (χ1n) is 5.11. The number of ether oxygens (including phenoxy) is 1. The molecule has 0 saturated carbocycles. The molecule has 0 N–H and O–H groups in total. The van der Waals surface area contributed by atoms with Crippen molar-refractivity contribution in [3.8, 4) is 0 Å². The van der Waals surface area contributed by atoms with Crippen LogP contribution in [0.5, 0.6) is 0 Å². The minimum atomic E-state index is -0.106. The number of rotatable bonds is 3. The van der Waals surface area contributed by atoms with Gasteiger partial charge in [0.25, 0.3) is 0 Å². The summed E-state index contributed by atoms with van der Waals surface area (Å²) in [6.07, 6.45) is 3.20. The van der Waals surface area contributed by atoms with Crippen LogP contribution in [0.2, 0.25) is 0 Å². The van der Waals surface area contributed by atoms with Gasteiger partial charge in [-0.25, -0.2) is 0 Å². The standard InChI is InChI=1S/C11H19NO2/c1-9(2)8-12-7-5-4-6-10(12)11(13)14-3/h10H,1,4-8H2,2-3H3/t10-/m1/s1. The maximum absolute atomic E-state index is 11.5. The molecule has 0 amide bonds. The first kappa shape index (κ1) is 11.2. The first-order valence-corrected chi connectivity index (χ1v) is 5.11. The number of carbonyl (C=O) groups is 1. The molecule has 1 heterocycles. The summed E-state index contributed by atoms with van der Waals surface area (Å²) in [7, 11) is 1.45. The maximum Gasteiger partial charge on any atom is 0.323 e. The van der Waals surface area contributed by atoms with Crippen molar-refractivity contribution in [3.63, 3.8) is 0 Å². The third kappa shape index (κ3) is 2.84. The highest BCUT2D eigenvalue weighted by atomic mass is 16.5. The molecule has 0 radical (unpaired) electrons. The van der Waals surface area contributed by atoms with E-state index in [1.807, 2.05) is 6.92 Å². The van der Waals surface area contributed by atoms with Crippen LogP contribution in [0, 0.1) is 0 Å². The fraction of sp³-hybridized carbons (Fsp3) is 0.727. The average molecular weight is 197 g/mol. The highest BCUT2D eigenvalue weighted by Gasteiger charge is 2.28. The van der Waals surface area contributed by atoms with Gasteiger partial charge < -0.3 is 4.74 Å². The van der Waals surface area contributed by atoms with Gasteiger partial charge >= 0.3 is 5.97 Å². The Balaban J connectivity index is 2.58. The maximum atomic E-state index is 11.5. The van der Waals surface area contributed by atoms with Crippen molar-refractivity contribution in [1.82, 2.24) is 4.90 Å². The predicted octanol–water partition coefficient (Wildman–Crippen LogP) is 1.59. The Kier molecular flexibility index (Phi) is 4.14. The van der Waals surface area contributed by atoms with Crippen molar-refractivity contribution in [2.45, 2.75) is 32.2 Å².